The van der Waals surface area contributed by atoms with Gasteiger partial charge in [-0.1, -0.05) is 12.1 Å². The van der Waals surface area contributed by atoms with Crippen LogP contribution in [-0.4, -0.2) is 27.0 Å². The van der Waals surface area contributed by atoms with Gasteiger partial charge in [-0.2, -0.15) is 0 Å². The van der Waals surface area contributed by atoms with Gasteiger partial charge in [0, 0.05) is 24.2 Å². The molecule has 158 valence electrons. The van der Waals surface area contributed by atoms with Crippen LogP contribution < -0.4 is 16.0 Å². The monoisotopic (exact) mass is 437 g/mol. The molecule has 0 atom stereocenters. The van der Waals surface area contributed by atoms with Crippen LogP contribution in [0.25, 0.3) is 4.83 Å². The minimum Gasteiger partial charge on any atom is -0.497 e. The van der Waals surface area contributed by atoms with Gasteiger partial charge in [0.1, 0.15) is 22.1 Å². The Labute approximate surface area is 181 Å². The van der Waals surface area contributed by atoms with Crippen molar-refractivity contribution in [3.8, 4) is 5.75 Å². The topological polar surface area (TPSA) is 91.9 Å². The van der Waals surface area contributed by atoms with Gasteiger partial charge < -0.3 is 9.47 Å². The molecule has 0 aliphatic carbocycles. The van der Waals surface area contributed by atoms with Gasteiger partial charge >= 0.3 is 11.7 Å². The van der Waals surface area contributed by atoms with Crippen molar-refractivity contribution in [2.45, 2.75) is 20.1 Å². The normalized spacial score (nSPS) is 10.9. The van der Waals surface area contributed by atoms with Gasteiger partial charge in [0.25, 0.3) is 5.56 Å². The molecule has 31 heavy (non-hydrogen) atoms. The summed E-state index contributed by atoms with van der Waals surface area (Å²) in [6.45, 7) is 1.85. The number of pyridine rings is 1. The molecule has 0 N–H and O–H groups in total. The van der Waals surface area contributed by atoms with Crippen molar-refractivity contribution in [3.05, 3.63) is 97.4 Å². The Balaban J connectivity index is 1.61. The van der Waals surface area contributed by atoms with E-state index in [4.69, 9.17) is 9.47 Å². The number of nitrogens with zero attached hydrogens (tertiary/aromatic N) is 3. The molecular formula is C22H19N3O5S. The Hall–Kier alpha value is -3.72. The number of aromatic nitrogens is 3. The van der Waals surface area contributed by atoms with Crippen molar-refractivity contribution < 1.29 is 14.3 Å². The molecule has 0 fully saturated rings. The van der Waals surface area contributed by atoms with E-state index in [0.29, 0.717) is 16.1 Å². The number of rotatable bonds is 6. The lowest BCUT2D eigenvalue weighted by Gasteiger charge is -2.07. The van der Waals surface area contributed by atoms with Gasteiger partial charge in [-0.3, -0.25) is 18.7 Å². The quantitative estimate of drug-likeness (QED) is 0.431. The molecule has 9 heteroatoms. The largest absolute Gasteiger partial charge is 0.497 e. The zero-order valence-electron chi connectivity index (χ0n) is 16.9. The molecule has 0 saturated carbocycles. The molecule has 0 aliphatic rings. The molecule has 0 bridgehead atoms. The van der Waals surface area contributed by atoms with Crippen molar-refractivity contribution >= 4 is 22.1 Å². The van der Waals surface area contributed by atoms with Gasteiger partial charge in [-0.15, -0.1) is 11.3 Å². The molecule has 3 aromatic heterocycles. The maximum absolute atomic E-state index is 12.9. The second kappa shape index (κ2) is 8.57. The lowest BCUT2D eigenvalue weighted by atomic mass is 10.2. The Bertz CT molecular complexity index is 1350. The minimum atomic E-state index is -0.559. The zero-order chi connectivity index (χ0) is 22.0. The van der Waals surface area contributed by atoms with E-state index < -0.39 is 11.7 Å². The van der Waals surface area contributed by atoms with E-state index in [0.717, 1.165) is 27.0 Å². The molecule has 0 radical (unpaired) electrons. The number of aryl methyl sites for hydroxylation is 1. The molecule has 0 unspecified atom stereocenters. The first-order valence-electron chi connectivity index (χ1n) is 9.42. The van der Waals surface area contributed by atoms with Gasteiger partial charge in [0.15, 0.2) is 0 Å². The van der Waals surface area contributed by atoms with E-state index in [9.17, 15) is 14.4 Å². The summed E-state index contributed by atoms with van der Waals surface area (Å²) >= 11 is 1.06. The molecule has 4 rings (SSSR count). The summed E-state index contributed by atoms with van der Waals surface area (Å²) in [7, 11) is 1.58. The van der Waals surface area contributed by atoms with Crippen LogP contribution in [0.4, 0.5) is 0 Å². The second-order valence-corrected chi connectivity index (χ2v) is 7.88. The van der Waals surface area contributed by atoms with Crippen molar-refractivity contribution in [3.63, 3.8) is 0 Å². The van der Waals surface area contributed by atoms with Gasteiger partial charge in [0.05, 0.1) is 13.7 Å². The molecule has 3 heterocycles. The molecule has 1 aromatic carbocycles. The number of hydrogen-bond donors (Lipinski definition) is 0. The predicted octanol–water partition coefficient (Wildman–Crippen LogP) is 2.64. The summed E-state index contributed by atoms with van der Waals surface area (Å²) in [6.07, 6.45) is 4.63. The minimum absolute atomic E-state index is 0.0831. The van der Waals surface area contributed by atoms with Gasteiger partial charge in [-0.05, 0) is 42.3 Å². The van der Waals surface area contributed by atoms with Crippen molar-refractivity contribution in [1.29, 1.82) is 0 Å². The zero-order valence-corrected chi connectivity index (χ0v) is 17.7. The number of carbonyl (C=O) groups excluding carboxylic acids is 1. The van der Waals surface area contributed by atoms with Crippen LogP contribution in [0.15, 0.2) is 64.6 Å². The number of methoxy groups -OCH3 is 1. The van der Waals surface area contributed by atoms with Crippen LogP contribution in [0, 0.1) is 6.92 Å². The summed E-state index contributed by atoms with van der Waals surface area (Å²) in [4.78, 5) is 42.9. The molecule has 0 aliphatic heterocycles. The highest BCUT2D eigenvalue weighted by Gasteiger charge is 2.18. The summed E-state index contributed by atoms with van der Waals surface area (Å²) < 4.78 is 13.0. The Morgan fingerprint density at radius 3 is 2.45 bits per heavy atom. The smallest absolute Gasteiger partial charge is 0.350 e. The number of carbonyl (C=O) groups is 1. The number of hydrogen-bond acceptors (Lipinski definition) is 7. The Morgan fingerprint density at radius 1 is 1.06 bits per heavy atom. The average molecular weight is 437 g/mol. The van der Waals surface area contributed by atoms with Crippen LogP contribution in [0.3, 0.4) is 0 Å². The fourth-order valence-corrected chi connectivity index (χ4v) is 4.09. The molecule has 0 amide bonds. The first kappa shape index (κ1) is 20.5. The van der Waals surface area contributed by atoms with E-state index >= 15 is 0 Å². The molecule has 8 nitrogen and oxygen atoms in total. The van der Waals surface area contributed by atoms with Crippen LogP contribution in [0.2, 0.25) is 0 Å². The number of benzene rings is 1. The van der Waals surface area contributed by atoms with Crippen LogP contribution in [-0.2, 0) is 17.9 Å². The SMILES string of the molecule is COc1ccc(COC(=O)c2cn3c(=O)n(Cc4ccncc4)c(=O)c(C)c3s2)cc1. The first-order chi connectivity index (χ1) is 15.0. The molecule has 0 spiro atoms. The predicted molar refractivity (Wildman–Crippen MR) is 116 cm³/mol. The maximum Gasteiger partial charge on any atom is 0.350 e. The second-order valence-electron chi connectivity index (χ2n) is 6.85. The average Bonchev–Trinajstić information content (AvgIpc) is 3.26. The highest BCUT2D eigenvalue weighted by molar-refractivity contribution is 7.19. The van der Waals surface area contributed by atoms with E-state index in [1.807, 2.05) is 0 Å². The van der Waals surface area contributed by atoms with Crippen molar-refractivity contribution in [2.75, 3.05) is 7.11 Å². The third-order valence-electron chi connectivity index (χ3n) is 4.82. The summed E-state index contributed by atoms with van der Waals surface area (Å²) in [5.41, 5.74) is 1.09. The third kappa shape index (κ3) is 4.13. The molecular weight excluding hydrogens is 418 g/mol. The molecule has 4 aromatic rings. The van der Waals surface area contributed by atoms with Gasteiger partial charge in [0.2, 0.25) is 0 Å². The Kier molecular flexibility index (Phi) is 5.68. The number of ether oxygens (including phenoxy) is 2. The fourth-order valence-electron chi connectivity index (χ4n) is 3.11. The van der Waals surface area contributed by atoms with E-state index in [1.165, 1.54) is 10.6 Å². The lowest BCUT2D eigenvalue weighted by molar-refractivity contribution is 0.0478. The standard InChI is InChI=1S/C22H19N3O5S/c1-14-19(26)24(11-15-7-9-23-10-8-15)22(28)25-12-18(31-20(14)25)21(27)30-13-16-3-5-17(29-2)6-4-16/h3-10,12H,11,13H2,1-2H3. The first-order valence-corrected chi connectivity index (χ1v) is 10.2. The maximum atomic E-state index is 12.9. The van der Waals surface area contributed by atoms with Crippen LogP contribution >= 0.6 is 11.3 Å². The van der Waals surface area contributed by atoms with E-state index in [-0.39, 0.29) is 23.6 Å². The lowest BCUT2D eigenvalue weighted by Crippen LogP contribution is -2.38. The summed E-state index contributed by atoms with van der Waals surface area (Å²) in [5.74, 6) is 0.152. The highest BCUT2D eigenvalue weighted by atomic mass is 32.1. The van der Waals surface area contributed by atoms with Crippen LogP contribution in [0.5, 0.6) is 5.75 Å². The number of fused-ring (bicyclic) bond motifs is 1. The number of esters is 1. The molecule has 0 saturated heterocycles. The van der Waals surface area contributed by atoms with Gasteiger partial charge in [-0.25, -0.2) is 9.59 Å². The highest BCUT2D eigenvalue weighted by Crippen LogP contribution is 2.20. The van der Waals surface area contributed by atoms with Crippen molar-refractivity contribution in [1.82, 2.24) is 14.0 Å². The van der Waals surface area contributed by atoms with Crippen molar-refractivity contribution in [2.24, 2.45) is 0 Å². The number of thiazole rings is 1. The summed E-state index contributed by atoms with van der Waals surface area (Å²) in [6, 6.07) is 10.7. The van der Waals surface area contributed by atoms with E-state index in [2.05, 4.69) is 4.98 Å². The summed E-state index contributed by atoms with van der Waals surface area (Å²) in [5, 5.41) is 0. The fraction of sp³-hybridized carbons (Fsp3) is 0.182. The Morgan fingerprint density at radius 2 is 1.77 bits per heavy atom. The third-order valence-corrected chi connectivity index (χ3v) is 6.00. The van der Waals surface area contributed by atoms with E-state index in [1.54, 1.807) is 62.8 Å². The van der Waals surface area contributed by atoms with Crippen LogP contribution in [0.1, 0.15) is 26.4 Å².